The molecule has 0 saturated carbocycles. The van der Waals surface area contributed by atoms with Crippen molar-refractivity contribution in [2.45, 2.75) is 52.9 Å². The van der Waals surface area contributed by atoms with Crippen LogP contribution in [0.2, 0.25) is 0 Å². The Balaban J connectivity index is 2.22. The van der Waals surface area contributed by atoms with Crippen LogP contribution in [-0.4, -0.2) is 75.7 Å². The van der Waals surface area contributed by atoms with Gasteiger partial charge in [-0.2, -0.15) is 0 Å². The molecule has 0 spiro atoms. The third-order valence-electron chi connectivity index (χ3n) is 4.95. The van der Waals surface area contributed by atoms with E-state index in [2.05, 4.69) is 53.2 Å². The largest absolute Gasteiger partial charge is 0.356 e. The van der Waals surface area contributed by atoms with Gasteiger partial charge in [0.1, 0.15) is 0 Å². The number of guanidine groups is 1. The first kappa shape index (κ1) is 21.2. The molecule has 1 fully saturated rings. The zero-order valence-corrected chi connectivity index (χ0v) is 16.8. The van der Waals surface area contributed by atoms with Crippen molar-refractivity contribution in [2.75, 3.05) is 59.9 Å². The summed E-state index contributed by atoms with van der Waals surface area (Å²) in [7, 11) is 4.08. The summed E-state index contributed by atoms with van der Waals surface area (Å²) >= 11 is 0. The van der Waals surface area contributed by atoms with Gasteiger partial charge >= 0.3 is 0 Å². The Hall–Kier alpha value is -0.810. The van der Waals surface area contributed by atoms with E-state index in [-0.39, 0.29) is 0 Å². The molecule has 24 heavy (non-hydrogen) atoms. The van der Waals surface area contributed by atoms with Crippen LogP contribution in [-0.2, 0) is 0 Å². The van der Waals surface area contributed by atoms with E-state index in [1.54, 1.807) is 0 Å². The van der Waals surface area contributed by atoms with Crippen molar-refractivity contribution in [3.63, 3.8) is 0 Å². The lowest BCUT2D eigenvalue weighted by Crippen LogP contribution is -2.45. The van der Waals surface area contributed by atoms with E-state index in [1.165, 1.54) is 58.3 Å². The number of nitrogens with zero attached hydrogens (tertiary/aromatic N) is 3. The first-order valence-corrected chi connectivity index (χ1v) is 9.82. The summed E-state index contributed by atoms with van der Waals surface area (Å²) < 4.78 is 0. The molecule has 5 nitrogen and oxygen atoms in total. The van der Waals surface area contributed by atoms with Crippen LogP contribution >= 0.6 is 0 Å². The molecule has 2 N–H and O–H groups in total. The molecule has 1 rings (SSSR count). The van der Waals surface area contributed by atoms with Crippen molar-refractivity contribution in [2.24, 2.45) is 10.4 Å². The second-order valence-electron chi connectivity index (χ2n) is 7.97. The van der Waals surface area contributed by atoms with E-state index in [9.17, 15) is 0 Å². The third kappa shape index (κ3) is 9.48. The molecular formula is C19H41N5. The van der Waals surface area contributed by atoms with Crippen molar-refractivity contribution in [3.8, 4) is 0 Å². The standard InChI is InChI=1S/C19H41N5/c1-6-7-8-10-19(2,3)17-22-18(20-4)21-11-14-24-13-9-12-23(5)15-16-24/h6-17H2,1-5H3,(H2,20,21,22). The summed E-state index contributed by atoms with van der Waals surface area (Å²) in [6.07, 6.45) is 6.49. The van der Waals surface area contributed by atoms with Crippen molar-refractivity contribution < 1.29 is 0 Å². The highest BCUT2D eigenvalue weighted by molar-refractivity contribution is 5.79. The fraction of sp³-hybridized carbons (Fsp3) is 0.947. The highest BCUT2D eigenvalue weighted by Gasteiger charge is 2.17. The lowest BCUT2D eigenvalue weighted by atomic mass is 9.87. The number of rotatable bonds is 9. The molecule has 1 aliphatic heterocycles. The Labute approximate surface area is 150 Å². The van der Waals surface area contributed by atoms with Gasteiger partial charge in [0.15, 0.2) is 5.96 Å². The fourth-order valence-corrected chi connectivity index (χ4v) is 3.14. The van der Waals surface area contributed by atoms with Crippen LogP contribution in [0.1, 0.15) is 52.9 Å². The molecule has 0 amide bonds. The van der Waals surface area contributed by atoms with Crippen molar-refractivity contribution in [3.05, 3.63) is 0 Å². The Morgan fingerprint density at radius 3 is 2.58 bits per heavy atom. The average molecular weight is 340 g/mol. The summed E-state index contributed by atoms with van der Waals surface area (Å²) in [4.78, 5) is 9.35. The Kier molecular flexibility index (Phi) is 10.3. The third-order valence-corrected chi connectivity index (χ3v) is 4.95. The minimum absolute atomic E-state index is 0.322. The first-order chi connectivity index (χ1) is 11.5. The van der Waals surface area contributed by atoms with E-state index in [4.69, 9.17) is 0 Å². The molecule has 1 heterocycles. The minimum atomic E-state index is 0.322. The molecule has 142 valence electrons. The van der Waals surface area contributed by atoms with Gasteiger partial charge in [-0.1, -0.05) is 40.0 Å². The molecule has 0 aromatic heterocycles. The van der Waals surface area contributed by atoms with Gasteiger partial charge in [-0.15, -0.1) is 0 Å². The SMILES string of the molecule is CCCCCC(C)(C)CNC(=NC)NCCN1CCCN(C)CC1. The molecule has 0 unspecified atom stereocenters. The van der Waals surface area contributed by atoms with Gasteiger partial charge < -0.3 is 20.4 Å². The molecular weight excluding hydrogens is 298 g/mol. The van der Waals surface area contributed by atoms with Crippen molar-refractivity contribution in [1.29, 1.82) is 0 Å². The van der Waals surface area contributed by atoms with Crippen LogP contribution < -0.4 is 10.6 Å². The fourth-order valence-electron chi connectivity index (χ4n) is 3.14. The van der Waals surface area contributed by atoms with Crippen LogP contribution in [0.4, 0.5) is 0 Å². The average Bonchev–Trinajstić information content (AvgIpc) is 2.75. The minimum Gasteiger partial charge on any atom is -0.356 e. The second kappa shape index (κ2) is 11.7. The van der Waals surface area contributed by atoms with E-state index in [0.717, 1.165) is 25.6 Å². The predicted octanol–water partition coefficient (Wildman–Crippen LogP) is 2.40. The molecule has 1 aliphatic rings. The van der Waals surface area contributed by atoms with Gasteiger partial charge in [-0.05, 0) is 38.4 Å². The summed E-state index contributed by atoms with van der Waals surface area (Å²) in [6.45, 7) is 14.8. The van der Waals surface area contributed by atoms with Crippen molar-refractivity contribution in [1.82, 2.24) is 20.4 Å². The summed E-state index contributed by atoms with van der Waals surface area (Å²) in [6, 6.07) is 0. The molecule has 0 aromatic rings. The maximum Gasteiger partial charge on any atom is 0.191 e. The predicted molar refractivity (Wildman–Crippen MR) is 106 cm³/mol. The summed E-state index contributed by atoms with van der Waals surface area (Å²) in [5, 5.41) is 6.98. The van der Waals surface area contributed by atoms with Crippen LogP contribution in [0.15, 0.2) is 4.99 Å². The number of hydrogen-bond donors (Lipinski definition) is 2. The van der Waals surface area contributed by atoms with E-state index in [0.29, 0.717) is 5.41 Å². The quantitative estimate of drug-likeness (QED) is 0.385. The van der Waals surface area contributed by atoms with Gasteiger partial charge in [0, 0.05) is 39.8 Å². The molecule has 0 bridgehead atoms. The zero-order chi connectivity index (χ0) is 17.8. The van der Waals surface area contributed by atoms with Gasteiger partial charge in [0.25, 0.3) is 0 Å². The zero-order valence-electron chi connectivity index (χ0n) is 16.8. The molecule has 5 heteroatoms. The lowest BCUT2D eigenvalue weighted by molar-refractivity contribution is 0.279. The Bertz CT molecular complexity index is 354. The maximum absolute atomic E-state index is 4.37. The normalized spacial score (nSPS) is 18.5. The van der Waals surface area contributed by atoms with Crippen LogP contribution in [0.3, 0.4) is 0 Å². The van der Waals surface area contributed by atoms with Gasteiger partial charge in [-0.3, -0.25) is 4.99 Å². The van der Waals surface area contributed by atoms with Crippen molar-refractivity contribution >= 4 is 5.96 Å². The summed E-state index contributed by atoms with van der Waals surface area (Å²) in [5.74, 6) is 0.936. The van der Waals surface area contributed by atoms with E-state index >= 15 is 0 Å². The van der Waals surface area contributed by atoms with Crippen LogP contribution in [0.25, 0.3) is 0 Å². The molecule has 0 atom stereocenters. The smallest absolute Gasteiger partial charge is 0.191 e. The number of hydrogen-bond acceptors (Lipinski definition) is 3. The van der Waals surface area contributed by atoms with Gasteiger partial charge in [-0.25, -0.2) is 0 Å². The number of likely N-dealkylation sites (N-methyl/N-ethyl adjacent to an activating group) is 1. The monoisotopic (exact) mass is 339 g/mol. The summed E-state index contributed by atoms with van der Waals surface area (Å²) in [5.41, 5.74) is 0.322. The van der Waals surface area contributed by atoms with E-state index < -0.39 is 0 Å². The number of unbranched alkanes of at least 4 members (excludes halogenated alkanes) is 2. The first-order valence-electron chi connectivity index (χ1n) is 9.82. The van der Waals surface area contributed by atoms with E-state index in [1.807, 2.05) is 7.05 Å². The number of nitrogens with one attached hydrogen (secondary N) is 2. The maximum atomic E-state index is 4.37. The Morgan fingerprint density at radius 2 is 1.88 bits per heavy atom. The van der Waals surface area contributed by atoms with Gasteiger partial charge in [0.2, 0.25) is 0 Å². The Morgan fingerprint density at radius 1 is 1.08 bits per heavy atom. The highest BCUT2D eigenvalue weighted by atomic mass is 15.2. The van der Waals surface area contributed by atoms with Gasteiger partial charge in [0.05, 0.1) is 0 Å². The van der Waals surface area contributed by atoms with Crippen LogP contribution in [0.5, 0.6) is 0 Å². The molecule has 0 radical (unpaired) electrons. The topological polar surface area (TPSA) is 42.9 Å². The lowest BCUT2D eigenvalue weighted by Gasteiger charge is -2.26. The second-order valence-corrected chi connectivity index (χ2v) is 7.97. The number of aliphatic imine (C=N–C) groups is 1. The molecule has 0 aromatic carbocycles. The van der Waals surface area contributed by atoms with Crippen LogP contribution in [0, 0.1) is 5.41 Å². The molecule has 0 aliphatic carbocycles. The highest BCUT2D eigenvalue weighted by Crippen LogP contribution is 2.22. The molecule has 1 saturated heterocycles.